The molecule has 1 heterocycles. The highest BCUT2D eigenvalue weighted by molar-refractivity contribution is 5.94. The first-order chi connectivity index (χ1) is 9.51. The van der Waals surface area contributed by atoms with Gasteiger partial charge in [0.25, 0.3) is 0 Å². The van der Waals surface area contributed by atoms with Crippen LogP contribution in [0.25, 0.3) is 11.0 Å². The number of aryl methyl sites for hydroxylation is 2. The molecular weight excluding hydrogens is 258 g/mol. The summed E-state index contributed by atoms with van der Waals surface area (Å²) in [7, 11) is 3.25. The summed E-state index contributed by atoms with van der Waals surface area (Å²) in [4.78, 5) is 27.1. The summed E-state index contributed by atoms with van der Waals surface area (Å²) in [5.41, 5.74) is 2.51. The lowest BCUT2D eigenvalue weighted by Crippen LogP contribution is -2.13. The summed E-state index contributed by atoms with van der Waals surface area (Å²) in [6.45, 7) is 1.93. The molecule has 0 bridgehead atoms. The van der Waals surface area contributed by atoms with Crippen molar-refractivity contribution in [3.63, 3.8) is 0 Å². The molecule has 1 aromatic carbocycles. The summed E-state index contributed by atoms with van der Waals surface area (Å²) in [6.07, 6.45) is 0.180. The van der Waals surface area contributed by atoms with Gasteiger partial charge in [-0.3, -0.25) is 9.59 Å². The fraction of sp³-hybridized carbons (Fsp3) is 0.357. The Morgan fingerprint density at radius 1 is 1.35 bits per heavy atom. The highest BCUT2D eigenvalue weighted by Crippen LogP contribution is 2.19. The molecule has 0 aliphatic rings. The normalized spacial score (nSPS) is 10.6. The topological polar surface area (TPSA) is 73.2 Å². The minimum atomic E-state index is -0.393. The number of amides is 1. The molecule has 0 aliphatic heterocycles. The third kappa shape index (κ3) is 2.96. The van der Waals surface area contributed by atoms with Crippen LogP contribution in [0.4, 0.5) is 5.69 Å². The van der Waals surface area contributed by atoms with E-state index >= 15 is 0 Å². The molecule has 0 saturated carbocycles. The van der Waals surface area contributed by atoms with Gasteiger partial charge in [0.2, 0.25) is 5.91 Å². The number of carbonyl (C=O) groups is 2. The van der Waals surface area contributed by atoms with Crippen LogP contribution in [0.5, 0.6) is 0 Å². The molecular formula is C14H17N3O3. The van der Waals surface area contributed by atoms with Crippen molar-refractivity contribution in [1.29, 1.82) is 0 Å². The standard InChI is InChI=1S/C14H17N3O3/c1-9-15-11-8-10(4-5-12(11)17(9)2)16-13(18)6-7-14(19)20-3/h4-5,8H,6-7H2,1-3H3,(H,16,18). The second-order valence-electron chi connectivity index (χ2n) is 4.55. The van der Waals surface area contributed by atoms with E-state index in [-0.39, 0.29) is 18.7 Å². The zero-order chi connectivity index (χ0) is 14.7. The summed E-state index contributed by atoms with van der Waals surface area (Å²) in [5, 5.41) is 2.75. The number of ether oxygens (including phenoxy) is 1. The van der Waals surface area contributed by atoms with Gasteiger partial charge in [-0.1, -0.05) is 0 Å². The number of aromatic nitrogens is 2. The van der Waals surface area contributed by atoms with E-state index in [0.717, 1.165) is 16.9 Å². The number of benzene rings is 1. The minimum Gasteiger partial charge on any atom is -0.469 e. The number of carbonyl (C=O) groups excluding carboxylic acids is 2. The van der Waals surface area contributed by atoms with Gasteiger partial charge in [0.05, 0.1) is 24.6 Å². The van der Waals surface area contributed by atoms with Gasteiger partial charge in [0.15, 0.2) is 0 Å². The molecule has 2 rings (SSSR count). The minimum absolute atomic E-state index is 0.0767. The number of methoxy groups -OCH3 is 1. The lowest BCUT2D eigenvalue weighted by molar-refractivity contribution is -0.141. The molecule has 1 N–H and O–H groups in total. The fourth-order valence-electron chi connectivity index (χ4n) is 1.94. The molecule has 0 atom stereocenters. The number of rotatable bonds is 4. The second-order valence-corrected chi connectivity index (χ2v) is 4.55. The maximum absolute atomic E-state index is 11.7. The number of hydrogen-bond donors (Lipinski definition) is 1. The number of hydrogen-bond acceptors (Lipinski definition) is 4. The number of imidazole rings is 1. The smallest absolute Gasteiger partial charge is 0.306 e. The third-order valence-corrected chi connectivity index (χ3v) is 3.17. The maximum Gasteiger partial charge on any atom is 0.306 e. The molecule has 1 amide bonds. The van der Waals surface area contributed by atoms with Crippen LogP contribution in [-0.4, -0.2) is 28.5 Å². The highest BCUT2D eigenvalue weighted by atomic mass is 16.5. The zero-order valence-corrected chi connectivity index (χ0v) is 11.8. The average molecular weight is 275 g/mol. The Balaban J connectivity index is 2.06. The summed E-state index contributed by atoms with van der Waals surface area (Å²) < 4.78 is 6.48. The highest BCUT2D eigenvalue weighted by Gasteiger charge is 2.09. The quantitative estimate of drug-likeness (QED) is 0.863. The zero-order valence-electron chi connectivity index (χ0n) is 11.8. The van der Waals surface area contributed by atoms with Crippen LogP contribution in [0.3, 0.4) is 0 Å². The van der Waals surface area contributed by atoms with Gasteiger partial charge in [-0.05, 0) is 25.1 Å². The Morgan fingerprint density at radius 2 is 2.10 bits per heavy atom. The lowest BCUT2D eigenvalue weighted by atomic mass is 10.2. The largest absolute Gasteiger partial charge is 0.469 e. The van der Waals surface area contributed by atoms with Crippen LogP contribution in [-0.2, 0) is 21.4 Å². The SMILES string of the molecule is COC(=O)CCC(=O)Nc1ccc2c(c1)nc(C)n2C. The number of fused-ring (bicyclic) bond motifs is 1. The molecule has 0 saturated heterocycles. The van der Waals surface area contributed by atoms with Crippen molar-refractivity contribution < 1.29 is 14.3 Å². The van der Waals surface area contributed by atoms with Crippen molar-refractivity contribution in [2.24, 2.45) is 7.05 Å². The van der Waals surface area contributed by atoms with E-state index in [1.54, 1.807) is 0 Å². The van der Waals surface area contributed by atoms with Gasteiger partial charge in [-0.2, -0.15) is 0 Å². The lowest BCUT2D eigenvalue weighted by Gasteiger charge is -2.05. The first-order valence-corrected chi connectivity index (χ1v) is 6.31. The van der Waals surface area contributed by atoms with Gasteiger partial charge in [0.1, 0.15) is 5.82 Å². The van der Waals surface area contributed by atoms with E-state index in [0.29, 0.717) is 5.69 Å². The van der Waals surface area contributed by atoms with E-state index in [9.17, 15) is 9.59 Å². The van der Waals surface area contributed by atoms with Crippen LogP contribution in [0.2, 0.25) is 0 Å². The van der Waals surface area contributed by atoms with Crippen molar-refractivity contribution in [3.8, 4) is 0 Å². The van der Waals surface area contributed by atoms with Gasteiger partial charge >= 0.3 is 5.97 Å². The van der Waals surface area contributed by atoms with Gasteiger partial charge < -0.3 is 14.6 Å². The first-order valence-electron chi connectivity index (χ1n) is 6.31. The molecule has 0 spiro atoms. The van der Waals surface area contributed by atoms with Crippen molar-refractivity contribution >= 4 is 28.6 Å². The van der Waals surface area contributed by atoms with Crippen LogP contribution in [0.15, 0.2) is 18.2 Å². The average Bonchev–Trinajstić information content (AvgIpc) is 2.71. The van der Waals surface area contributed by atoms with Crippen LogP contribution in [0.1, 0.15) is 18.7 Å². The van der Waals surface area contributed by atoms with Crippen LogP contribution in [0, 0.1) is 6.92 Å². The Labute approximate surface area is 116 Å². The Morgan fingerprint density at radius 3 is 2.80 bits per heavy atom. The van der Waals surface area contributed by atoms with Crippen molar-refractivity contribution in [1.82, 2.24) is 9.55 Å². The van der Waals surface area contributed by atoms with E-state index < -0.39 is 5.97 Å². The van der Waals surface area contributed by atoms with Gasteiger partial charge in [-0.25, -0.2) is 4.98 Å². The van der Waals surface area contributed by atoms with Crippen molar-refractivity contribution in [2.45, 2.75) is 19.8 Å². The molecule has 0 radical (unpaired) electrons. The van der Waals surface area contributed by atoms with Crippen molar-refractivity contribution in [2.75, 3.05) is 12.4 Å². The first kappa shape index (κ1) is 14.0. The fourth-order valence-corrected chi connectivity index (χ4v) is 1.94. The molecule has 106 valence electrons. The van der Waals surface area contributed by atoms with Crippen molar-refractivity contribution in [3.05, 3.63) is 24.0 Å². The Bertz CT molecular complexity index is 661. The Kier molecular flexibility index (Phi) is 4.02. The van der Waals surface area contributed by atoms with Gasteiger partial charge in [-0.15, -0.1) is 0 Å². The van der Waals surface area contributed by atoms with E-state index in [4.69, 9.17) is 0 Å². The Hall–Kier alpha value is -2.37. The second kappa shape index (κ2) is 5.73. The predicted octanol–water partition coefficient (Wildman–Crippen LogP) is 1.77. The van der Waals surface area contributed by atoms with Crippen LogP contribution < -0.4 is 5.32 Å². The third-order valence-electron chi connectivity index (χ3n) is 3.17. The molecule has 0 unspecified atom stereocenters. The molecule has 6 nitrogen and oxygen atoms in total. The molecule has 2 aromatic rings. The molecule has 1 aromatic heterocycles. The monoisotopic (exact) mass is 275 g/mol. The van der Waals surface area contributed by atoms with E-state index in [1.807, 2.05) is 36.7 Å². The number of nitrogens with zero attached hydrogens (tertiary/aromatic N) is 2. The predicted molar refractivity (Wildman–Crippen MR) is 75.3 cm³/mol. The summed E-state index contributed by atoms with van der Waals surface area (Å²) in [5.74, 6) is 0.299. The molecule has 20 heavy (non-hydrogen) atoms. The molecule has 0 fully saturated rings. The van der Waals surface area contributed by atoms with Crippen LogP contribution >= 0.6 is 0 Å². The number of esters is 1. The maximum atomic E-state index is 11.7. The molecule has 6 heteroatoms. The summed E-state index contributed by atoms with van der Waals surface area (Å²) in [6, 6.07) is 5.54. The van der Waals surface area contributed by atoms with E-state index in [2.05, 4.69) is 15.0 Å². The number of anilines is 1. The van der Waals surface area contributed by atoms with Gasteiger partial charge in [0, 0.05) is 19.2 Å². The molecule has 0 aliphatic carbocycles. The van der Waals surface area contributed by atoms with E-state index in [1.165, 1.54) is 7.11 Å². The summed E-state index contributed by atoms with van der Waals surface area (Å²) >= 11 is 0. The number of nitrogens with one attached hydrogen (secondary N) is 1.